The average Bonchev–Trinajstić information content (AvgIpc) is 3.29. The molecular formula is C25H21F3N8O. The van der Waals surface area contributed by atoms with Gasteiger partial charge in [0.25, 0.3) is 0 Å². The van der Waals surface area contributed by atoms with Gasteiger partial charge in [-0.05, 0) is 42.8 Å². The highest BCUT2D eigenvalue weighted by Gasteiger charge is 2.37. The second-order valence-electron chi connectivity index (χ2n) is 8.45. The number of carbonyl (C=O) groups excluding carboxylic acids is 1. The van der Waals surface area contributed by atoms with E-state index in [-0.39, 0.29) is 35.6 Å². The minimum atomic E-state index is -4.57. The number of allylic oxidation sites excluding steroid dienone is 2. The van der Waals surface area contributed by atoms with Gasteiger partial charge in [-0.3, -0.25) is 9.69 Å². The number of nitrogens with one attached hydrogen (secondary N) is 1. The maximum Gasteiger partial charge on any atom is 0.416 e. The third-order valence-electron chi connectivity index (χ3n) is 5.86. The Hall–Kier alpha value is -4.84. The lowest BCUT2D eigenvalue weighted by atomic mass is 9.95. The lowest BCUT2D eigenvalue weighted by molar-refractivity contribution is -0.137. The van der Waals surface area contributed by atoms with E-state index in [4.69, 9.17) is 5.26 Å². The third kappa shape index (κ3) is 4.82. The molecule has 0 aliphatic carbocycles. The second-order valence-corrected chi connectivity index (χ2v) is 8.45. The summed E-state index contributed by atoms with van der Waals surface area (Å²) < 4.78 is 41.9. The van der Waals surface area contributed by atoms with Gasteiger partial charge >= 0.3 is 6.18 Å². The molecule has 0 saturated carbocycles. The zero-order valence-electron chi connectivity index (χ0n) is 20.1. The van der Waals surface area contributed by atoms with Crippen LogP contribution in [0.1, 0.15) is 29.7 Å². The van der Waals surface area contributed by atoms with Crippen LogP contribution in [0.2, 0.25) is 0 Å². The highest BCUT2D eigenvalue weighted by molar-refractivity contribution is 5.80. The predicted octanol–water partition coefficient (Wildman–Crippen LogP) is 4.21. The Morgan fingerprint density at radius 1 is 1.14 bits per heavy atom. The van der Waals surface area contributed by atoms with Crippen molar-refractivity contribution in [2.75, 3.05) is 30.9 Å². The molecule has 0 unspecified atom stereocenters. The van der Waals surface area contributed by atoms with Gasteiger partial charge in [0.15, 0.2) is 0 Å². The number of nitriles is 2. The number of fused-ring (bicyclic) bond motifs is 1. The van der Waals surface area contributed by atoms with Crippen LogP contribution in [0.15, 0.2) is 59.8 Å². The normalized spacial score (nSPS) is 15.0. The van der Waals surface area contributed by atoms with Crippen molar-refractivity contribution in [1.82, 2.24) is 19.7 Å². The number of anilines is 3. The van der Waals surface area contributed by atoms with E-state index in [0.29, 0.717) is 16.8 Å². The molecule has 1 N–H and O–H groups in total. The first kappa shape index (κ1) is 25.3. The van der Waals surface area contributed by atoms with Gasteiger partial charge in [0, 0.05) is 25.5 Å². The Bertz CT molecular complexity index is 1460. The van der Waals surface area contributed by atoms with E-state index in [1.54, 1.807) is 45.3 Å². The summed E-state index contributed by atoms with van der Waals surface area (Å²) in [7, 11) is 3.19. The molecule has 9 nitrogen and oxygen atoms in total. The van der Waals surface area contributed by atoms with Crippen LogP contribution >= 0.6 is 0 Å². The number of hydrogen-bond acceptors (Lipinski definition) is 7. The van der Waals surface area contributed by atoms with Crippen molar-refractivity contribution >= 4 is 23.5 Å². The zero-order valence-corrected chi connectivity index (χ0v) is 20.1. The first-order valence-corrected chi connectivity index (χ1v) is 11.0. The van der Waals surface area contributed by atoms with Crippen molar-refractivity contribution in [1.29, 1.82) is 10.5 Å². The molecule has 1 aliphatic heterocycles. The third-order valence-corrected chi connectivity index (χ3v) is 5.86. The van der Waals surface area contributed by atoms with E-state index < -0.39 is 17.8 Å². The summed E-state index contributed by atoms with van der Waals surface area (Å²) in [5, 5.41) is 26.6. The summed E-state index contributed by atoms with van der Waals surface area (Å²) in [6, 6.07) is 14.7. The molecule has 0 spiro atoms. The Kier molecular flexibility index (Phi) is 6.60. The maximum absolute atomic E-state index is 13.5. The summed E-state index contributed by atoms with van der Waals surface area (Å²) in [5.41, 5.74) is 0.935. The van der Waals surface area contributed by atoms with Crippen LogP contribution in [-0.2, 0) is 11.0 Å². The van der Waals surface area contributed by atoms with E-state index in [1.165, 1.54) is 26.6 Å². The van der Waals surface area contributed by atoms with Crippen molar-refractivity contribution in [3.63, 3.8) is 0 Å². The van der Waals surface area contributed by atoms with Crippen molar-refractivity contribution in [2.45, 2.75) is 19.1 Å². The number of amides is 1. The molecule has 0 bridgehead atoms. The van der Waals surface area contributed by atoms with Gasteiger partial charge < -0.3 is 10.2 Å². The molecule has 0 fully saturated rings. The van der Waals surface area contributed by atoms with Gasteiger partial charge in [-0.2, -0.15) is 28.7 Å². The molecule has 2 aromatic carbocycles. The van der Waals surface area contributed by atoms with E-state index >= 15 is 0 Å². The Labute approximate surface area is 210 Å². The number of halogens is 3. The van der Waals surface area contributed by atoms with Gasteiger partial charge in [-0.1, -0.05) is 18.2 Å². The molecule has 3 aromatic rings. The summed E-state index contributed by atoms with van der Waals surface area (Å²) in [6.45, 7) is 1.51. The molecule has 188 valence electrons. The molecule has 2 heterocycles. The zero-order chi connectivity index (χ0) is 26.9. The Morgan fingerprint density at radius 2 is 1.84 bits per heavy atom. The lowest BCUT2D eigenvalue weighted by Gasteiger charge is -2.34. The molecule has 1 aliphatic rings. The first-order valence-electron chi connectivity index (χ1n) is 11.0. The topological polar surface area (TPSA) is 114 Å². The smallest absolute Gasteiger partial charge is 0.347 e. The summed E-state index contributed by atoms with van der Waals surface area (Å²) in [4.78, 5) is 19.4. The molecule has 4 rings (SSSR count). The molecule has 1 atom stereocenters. The van der Waals surface area contributed by atoms with E-state index in [9.17, 15) is 23.2 Å². The molecular weight excluding hydrogens is 485 g/mol. The van der Waals surface area contributed by atoms with E-state index in [0.717, 1.165) is 12.1 Å². The highest BCUT2D eigenvalue weighted by Crippen LogP contribution is 2.43. The number of nitrogens with zero attached hydrogens (tertiary/aromatic N) is 7. The van der Waals surface area contributed by atoms with E-state index in [2.05, 4.69) is 21.5 Å². The number of alkyl halides is 3. The summed E-state index contributed by atoms with van der Waals surface area (Å²) >= 11 is 0. The van der Waals surface area contributed by atoms with E-state index in [1.807, 2.05) is 6.07 Å². The SMILES string of the molecule is CC1=C(C#N)[C@@H](c2ccc(C#N)cc2)n2nc(NCC(=O)N(C)C)nc2N1c1cccc(C(F)(F)F)c1. The number of carbonyl (C=O) groups is 1. The largest absolute Gasteiger partial charge is 0.416 e. The molecule has 0 radical (unpaired) electrons. The molecule has 12 heteroatoms. The fourth-order valence-corrected chi connectivity index (χ4v) is 3.94. The van der Waals surface area contributed by atoms with Crippen LogP contribution in [0.5, 0.6) is 0 Å². The molecule has 37 heavy (non-hydrogen) atoms. The second kappa shape index (κ2) is 9.66. The molecule has 1 aromatic heterocycles. The highest BCUT2D eigenvalue weighted by atomic mass is 19.4. The quantitative estimate of drug-likeness (QED) is 0.552. The standard InChI is InChI=1S/C25H21F3N8O/c1-15-20(13-30)22(17-9-7-16(12-29)8-10-17)36-24(32-23(33-36)31-14-21(37)34(2)3)35(15)19-6-4-5-18(11-19)25(26,27)28/h4-11,22H,14H2,1-3H3,(H,31,33)/t22-/m1/s1. The number of aromatic nitrogens is 3. The van der Waals surface area contributed by atoms with Crippen LogP contribution < -0.4 is 10.2 Å². The van der Waals surface area contributed by atoms with Gasteiger partial charge in [0.1, 0.15) is 6.04 Å². The van der Waals surface area contributed by atoms with Gasteiger partial charge in [-0.25, -0.2) is 4.68 Å². The number of benzene rings is 2. The van der Waals surface area contributed by atoms with Crippen LogP contribution in [-0.4, -0.2) is 46.2 Å². The van der Waals surface area contributed by atoms with Crippen molar-refractivity contribution < 1.29 is 18.0 Å². The first-order chi connectivity index (χ1) is 17.5. The van der Waals surface area contributed by atoms with Crippen molar-refractivity contribution in [3.8, 4) is 12.1 Å². The van der Waals surface area contributed by atoms with Crippen LogP contribution in [0.4, 0.5) is 30.8 Å². The minimum Gasteiger partial charge on any atom is -0.347 e. The van der Waals surface area contributed by atoms with Crippen molar-refractivity contribution in [3.05, 3.63) is 76.5 Å². The van der Waals surface area contributed by atoms with Gasteiger partial charge in [0.2, 0.25) is 17.8 Å². The number of hydrogen-bond donors (Lipinski definition) is 1. The predicted molar refractivity (Wildman–Crippen MR) is 128 cm³/mol. The van der Waals surface area contributed by atoms with Crippen LogP contribution in [0.3, 0.4) is 0 Å². The number of rotatable bonds is 5. The maximum atomic E-state index is 13.5. The van der Waals surface area contributed by atoms with Crippen molar-refractivity contribution in [2.24, 2.45) is 0 Å². The van der Waals surface area contributed by atoms with Gasteiger partial charge in [-0.15, -0.1) is 5.10 Å². The fourth-order valence-electron chi connectivity index (χ4n) is 3.94. The van der Waals surface area contributed by atoms with Gasteiger partial charge in [0.05, 0.1) is 35.4 Å². The fraction of sp³-hybridized carbons (Fsp3) is 0.240. The van der Waals surface area contributed by atoms with Crippen LogP contribution in [0, 0.1) is 22.7 Å². The Balaban J connectivity index is 1.89. The monoisotopic (exact) mass is 506 g/mol. The minimum absolute atomic E-state index is 0.0628. The van der Waals surface area contributed by atoms with Crippen LogP contribution in [0.25, 0.3) is 0 Å². The molecule has 1 amide bonds. The summed E-state index contributed by atoms with van der Waals surface area (Å²) in [6.07, 6.45) is -4.57. The summed E-state index contributed by atoms with van der Waals surface area (Å²) in [5.74, 6) is -0.0176. The molecule has 0 saturated heterocycles. The Morgan fingerprint density at radius 3 is 2.43 bits per heavy atom. The average molecular weight is 506 g/mol. The number of likely N-dealkylation sites (N-methyl/N-ethyl adjacent to an activating group) is 1. The lowest BCUT2D eigenvalue weighted by Crippen LogP contribution is -2.31.